The van der Waals surface area contributed by atoms with Gasteiger partial charge in [-0.05, 0) is 24.7 Å². The lowest BCUT2D eigenvalue weighted by atomic mass is 9.97. The van der Waals surface area contributed by atoms with Gasteiger partial charge in [0.15, 0.2) is 12.2 Å². The van der Waals surface area contributed by atoms with Gasteiger partial charge in [-0.2, -0.15) is 0 Å². The summed E-state index contributed by atoms with van der Waals surface area (Å²) in [7, 11) is 0. The second-order valence-electron chi connectivity index (χ2n) is 11.8. The van der Waals surface area contributed by atoms with Crippen LogP contribution in [0.5, 0.6) is 0 Å². The third-order valence-corrected chi connectivity index (χ3v) is 7.76. The zero-order valence-electron chi connectivity index (χ0n) is 25.8. The van der Waals surface area contributed by atoms with Crippen molar-refractivity contribution in [1.29, 1.82) is 0 Å². The summed E-state index contributed by atoms with van der Waals surface area (Å²) in [5, 5.41) is 52.5. The van der Waals surface area contributed by atoms with Crippen LogP contribution in [0.2, 0.25) is 0 Å². The second-order valence-corrected chi connectivity index (χ2v) is 11.8. The van der Waals surface area contributed by atoms with Crippen LogP contribution >= 0.6 is 0 Å². The average molecular weight is 623 g/mol. The van der Waals surface area contributed by atoms with E-state index in [4.69, 9.17) is 28.4 Å². The van der Waals surface area contributed by atoms with Crippen molar-refractivity contribution < 1.29 is 68.3 Å². The lowest BCUT2D eigenvalue weighted by Crippen LogP contribution is -2.64. The molecule has 2 heterocycles. The van der Waals surface area contributed by atoms with Gasteiger partial charge in [0.25, 0.3) is 0 Å². The monoisotopic (exact) mass is 622 g/mol. The Kier molecular flexibility index (Phi) is 15.2. The molecule has 0 saturated carbocycles. The molecule has 10 atom stereocenters. The first-order valence-corrected chi connectivity index (χ1v) is 15.1. The van der Waals surface area contributed by atoms with Gasteiger partial charge in [-0.25, -0.2) is 0 Å². The molecule has 14 nitrogen and oxygen atoms in total. The molecule has 0 aromatic rings. The first kappa shape index (κ1) is 37.3. The number of carbonyl (C=O) groups is 3. The van der Waals surface area contributed by atoms with Crippen molar-refractivity contribution in [3.05, 3.63) is 0 Å². The normalized spacial score (nSPS) is 33.3. The van der Waals surface area contributed by atoms with Crippen LogP contribution in [0.3, 0.4) is 0 Å². The summed E-state index contributed by atoms with van der Waals surface area (Å²) >= 11 is 0. The fourth-order valence-electron chi connectivity index (χ4n) is 4.92. The van der Waals surface area contributed by atoms with Crippen LogP contribution in [0.1, 0.15) is 79.6 Å². The molecule has 0 spiro atoms. The fourth-order valence-corrected chi connectivity index (χ4v) is 4.92. The highest BCUT2D eigenvalue weighted by molar-refractivity contribution is 5.70. The van der Waals surface area contributed by atoms with Crippen LogP contribution in [-0.2, 0) is 42.8 Å². The Labute approximate surface area is 252 Å². The molecule has 2 saturated heterocycles. The third kappa shape index (κ3) is 10.6. The Balaban J connectivity index is 2.35. The van der Waals surface area contributed by atoms with E-state index in [-0.39, 0.29) is 12.8 Å². The van der Waals surface area contributed by atoms with Crippen LogP contribution in [0, 0.1) is 11.8 Å². The number of aliphatic hydroxyl groups excluding tert-OH is 5. The van der Waals surface area contributed by atoms with Gasteiger partial charge in [0, 0.05) is 19.8 Å². The van der Waals surface area contributed by atoms with Crippen LogP contribution in [0.4, 0.5) is 0 Å². The summed E-state index contributed by atoms with van der Waals surface area (Å²) in [4.78, 5) is 37.0. The Morgan fingerprint density at radius 2 is 1.49 bits per heavy atom. The molecule has 0 aromatic carbocycles. The minimum atomic E-state index is -2.37. The zero-order chi connectivity index (χ0) is 32.3. The summed E-state index contributed by atoms with van der Waals surface area (Å²) in [6.45, 7) is 6.95. The second kappa shape index (κ2) is 17.5. The first-order chi connectivity index (χ1) is 20.3. The molecule has 0 amide bonds. The van der Waals surface area contributed by atoms with Crippen molar-refractivity contribution in [1.82, 2.24) is 0 Å². The largest absolute Gasteiger partial charge is 0.463 e. The van der Waals surface area contributed by atoms with E-state index >= 15 is 0 Å². The molecule has 0 bridgehead atoms. The van der Waals surface area contributed by atoms with Crippen molar-refractivity contribution in [2.45, 2.75) is 134 Å². The Morgan fingerprint density at radius 3 is 2.02 bits per heavy atom. The maximum atomic E-state index is 12.9. The van der Waals surface area contributed by atoms with Crippen molar-refractivity contribution in [3.8, 4) is 0 Å². The number of hydrogen-bond donors (Lipinski definition) is 5. The number of esters is 3. The Morgan fingerprint density at radius 1 is 0.884 bits per heavy atom. The van der Waals surface area contributed by atoms with E-state index in [1.165, 1.54) is 0 Å². The van der Waals surface area contributed by atoms with Gasteiger partial charge in [0.05, 0.1) is 6.61 Å². The van der Waals surface area contributed by atoms with Crippen LogP contribution < -0.4 is 0 Å². The Hall–Kier alpha value is -1.91. The third-order valence-electron chi connectivity index (χ3n) is 7.76. The number of hydrogen-bond acceptors (Lipinski definition) is 14. The first-order valence-electron chi connectivity index (χ1n) is 15.1. The van der Waals surface area contributed by atoms with Gasteiger partial charge >= 0.3 is 17.9 Å². The van der Waals surface area contributed by atoms with E-state index in [1.807, 2.05) is 20.8 Å². The molecule has 0 aliphatic carbocycles. The summed E-state index contributed by atoms with van der Waals surface area (Å²) < 4.78 is 33.3. The minimum absolute atomic E-state index is 0.00439. The number of rotatable bonds is 17. The molecule has 2 aliphatic rings. The molecule has 0 aromatic heterocycles. The summed E-state index contributed by atoms with van der Waals surface area (Å²) in [5.41, 5.74) is 0. The molecular formula is C29H50O14. The lowest BCUT2D eigenvalue weighted by Gasteiger charge is -2.45. The highest BCUT2D eigenvalue weighted by Gasteiger charge is 2.60. The van der Waals surface area contributed by atoms with Crippen LogP contribution in [-0.4, -0.2) is 118 Å². The van der Waals surface area contributed by atoms with E-state index in [2.05, 4.69) is 6.92 Å². The van der Waals surface area contributed by atoms with Gasteiger partial charge in [-0.1, -0.05) is 47.0 Å². The predicted octanol–water partition coefficient (Wildman–Crippen LogP) is 0.320. The fraction of sp³-hybridized carbons (Fsp3) is 0.897. The number of ether oxygens (including phenoxy) is 6. The zero-order valence-corrected chi connectivity index (χ0v) is 25.8. The quantitative estimate of drug-likeness (QED) is 0.109. The summed E-state index contributed by atoms with van der Waals surface area (Å²) in [6, 6.07) is 0. The molecule has 14 heteroatoms. The van der Waals surface area contributed by atoms with E-state index in [0.717, 1.165) is 26.2 Å². The molecule has 5 N–H and O–H groups in total. The van der Waals surface area contributed by atoms with Crippen LogP contribution in [0.15, 0.2) is 0 Å². The smallest absolute Gasteiger partial charge is 0.306 e. The molecule has 2 fully saturated rings. The van der Waals surface area contributed by atoms with Crippen LogP contribution in [0.25, 0.3) is 0 Å². The van der Waals surface area contributed by atoms with E-state index in [0.29, 0.717) is 24.7 Å². The van der Waals surface area contributed by atoms with Crippen molar-refractivity contribution in [2.24, 2.45) is 11.8 Å². The topological polar surface area (TPSA) is 208 Å². The van der Waals surface area contributed by atoms with Crippen molar-refractivity contribution in [3.63, 3.8) is 0 Å². The molecule has 43 heavy (non-hydrogen) atoms. The maximum Gasteiger partial charge on any atom is 0.306 e. The highest BCUT2D eigenvalue weighted by atomic mass is 16.8. The van der Waals surface area contributed by atoms with Crippen molar-refractivity contribution in [2.75, 3.05) is 19.8 Å². The van der Waals surface area contributed by atoms with E-state index < -0.39 is 92.5 Å². The molecule has 0 radical (unpaired) electrons. The Bertz CT molecular complexity index is 883. The molecule has 10 unspecified atom stereocenters. The van der Waals surface area contributed by atoms with Crippen molar-refractivity contribution >= 4 is 17.9 Å². The summed E-state index contributed by atoms with van der Waals surface area (Å²) in [6.07, 6.45) is -9.40. The van der Waals surface area contributed by atoms with Gasteiger partial charge in [-0.3, -0.25) is 14.4 Å². The van der Waals surface area contributed by atoms with Gasteiger partial charge < -0.3 is 54.0 Å². The average Bonchev–Trinajstić information content (AvgIpc) is 3.19. The molecule has 250 valence electrons. The van der Waals surface area contributed by atoms with Gasteiger partial charge in [0.1, 0.15) is 43.7 Å². The lowest BCUT2D eigenvalue weighted by molar-refractivity contribution is -0.384. The minimum Gasteiger partial charge on any atom is -0.463 e. The van der Waals surface area contributed by atoms with E-state index in [9.17, 15) is 39.9 Å². The maximum absolute atomic E-state index is 12.9. The molecule has 2 rings (SSSR count). The predicted molar refractivity (Wildman–Crippen MR) is 148 cm³/mol. The highest BCUT2D eigenvalue weighted by Crippen LogP contribution is 2.37. The van der Waals surface area contributed by atoms with Gasteiger partial charge in [0.2, 0.25) is 12.1 Å². The van der Waals surface area contributed by atoms with E-state index in [1.54, 1.807) is 0 Å². The number of aliphatic hydroxyl groups is 5. The number of carbonyl (C=O) groups excluding carboxylic acids is 3. The summed E-state index contributed by atoms with van der Waals surface area (Å²) in [5.74, 6) is -3.73. The molecular weight excluding hydrogens is 572 g/mol. The standard InChI is InChI=1S/C29H50O14/c1-6-17(4)10-8-12-22(34)41-26-25(40-21(33)11-7-9-16(2)3)23(35)19(13-30)39-28(26)43-29(15-31)27(37)24(36)20(42-29)14-38-18(5)32/h16-17,19-20,23-28,30-31,35-37H,6-15H2,1-5H3. The molecule has 2 aliphatic heterocycles. The SMILES string of the molecule is CCC(C)CCCC(=O)OC1C(OC2(CO)OC(COC(C)=O)C(O)C2O)OC(CO)C(O)C1OC(=O)CCCC(C)C. The van der Waals surface area contributed by atoms with Gasteiger partial charge in [-0.15, -0.1) is 0 Å².